The molecule has 1 atom stereocenters. The molecule has 2 aliphatic heterocycles. The van der Waals surface area contributed by atoms with Crippen LogP contribution in [-0.4, -0.2) is 68.3 Å². The number of nitrogens with zero attached hydrogens (tertiary/aromatic N) is 3. The number of hydrogen-bond donors (Lipinski definition) is 1. The van der Waals surface area contributed by atoms with Crippen molar-refractivity contribution in [3.8, 4) is 0 Å². The molecule has 0 bridgehead atoms. The van der Waals surface area contributed by atoms with Crippen LogP contribution in [0.25, 0.3) is 0 Å². The lowest BCUT2D eigenvalue weighted by molar-refractivity contribution is 0.0383. The summed E-state index contributed by atoms with van der Waals surface area (Å²) in [5, 5.41) is 3.05. The molecule has 0 aliphatic carbocycles. The van der Waals surface area contributed by atoms with Gasteiger partial charge >= 0.3 is 0 Å². The fourth-order valence-corrected chi connectivity index (χ4v) is 3.46. The van der Waals surface area contributed by atoms with Crippen LogP contribution in [-0.2, 0) is 4.74 Å². The molecular weight excluding hydrogens is 304 g/mol. The Bertz CT molecular complexity index is 546. The third kappa shape index (κ3) is 4.45. The van der Waals surface area contributed by atoms with Gasteiger partial charge in [0.25, 0.3) is 5.91 Å². The SMILES string of the molecule is C[C@H]1CCCN(c2ncccc2C(=O)NCCN2CCOCC2)C1. The van der Waals surface area contributed by atoms with Gasteiger partial charge in [0.1, 0.15) is 5.82 Å². The molecule has 0 spiro atoms. The van der Waals surface area contributed by atoms with Crippen molar-refractivity contribution in [2.24, 2.45) is 5.92 Å². The maximum absolute atomic E-state index is 12.6. The Kier molecular flexibility index (Phi) is 6.04. The quantitative estimate of drug-likeness (QED) is 0.883. The molecule has 24 heavy (non-hydrogen) atoms. The number of rotatable bonds is 5. The summed E-state index contributed by atoms with van der Waals surface area (Å²) in [5.41, 5.74) is 0.688. The molecule has 2 aliphatic rings. The van der Waals surface area contributed by atoms with Crippen LogP contribution in [0.15, 0.2) is 18.3 Å². The summed E-state index contributed by atoms with van der Waals surface area (Å²) in [6.07, 6.45) is 4.19. The number of pyridine rings is 1. The van der Waals surface area contributed by atoms with Crippen LogP contribution in [0.5, 0.6) is 0 Å². The molecule has 2 fully saturated rings. The third-order valence-corrected chi connectivity index (χ3v) is 4.81. The maximum atomic E-state index is 12.6. The van der Waals surface area contributed by atoms with Crippen LogP contribution in [0, 0.1) is 5.92 Å². The molecule has 1 N–H and O–H groups in total. The van der Waals surface area contributed by atoms with Gasteiger partial charge in [0, 0.05) is 45.5 Å². The fourth-order valence-electron chi connectivity index (χ4n) is 3.46. The lowest BCUT2D eigenvalue weighted by Crippen LogP contribution is -2.42. The molecule has 0 saturated carbocycles. The van der Waals surface area contributed by atoms with E-state index in [9.17, 15) is 4.79 Å². The summed E-state index contributed by atoms with van der Waals surface area (Å²) in [5.74, 6) is 1.45. The summed E-state index contributed by atoms with van der Waals surface area (Å²) >= 11 is 0. The van der Waals surface area contributed by atoms with Gasteiger partial charge < -0.3 is 15.0 Å². The topological polar surface area (TPSA) is 57.7 Å². The van der Waals surface area contributed by atoms with Crippen molar-refractivity contribution in [3.63, 3.8) is 0 Å². The van der Waals surface area contributed by atoms with Gasteiger partial charge in [-0.3, -0.25) is 9.69 Å². The van der Waals surface area contributed by atoms with Gasteiger partial charge in [-0.05, 0) is 30.9 Å². The highest BCUT2D eigenvalue weighted by atomic mass is 16.5. The van der Waals surface area contributed by atoms with E-state index in [1.165, 1.54) is 6.42 Å². The smallest absolute Gasteiger partial charge is 0.255 e. The highest BCUT2D eigenvalue weighted by Crippen LogP contribution is 2.24. The number of carbonyl (C=O) groups is 1. The molecule has 1 aromatic rings. The summed E-state index contributed by atoms with van der Waals surface area (Å²) in [6, 6.07) is 3.72. The molecule has 3 heterocycles. The number of ether oxygens (including phenoxy) is 1. The second-order valence-electron chi connectivity index (χ2n) is 6.78. The van der Waals surface area contributed by atoms with Crippen LogP contribution in [0.3, 0.4) is 0 Å². The van der Waals surface area contributed by atoms with E-state index in [-0.39, 0.29) is 5.91 Å². The molecule has 6 heteroatoms. The van der Waals surface area contributed by atoms with Crippen molar-refractivity contribution in [1.82, 2.24) is 15.2 Å². The first kappa shape index (κ1) is 17.2. The Labute approximate surface area is 144 Å². The molecule has 6 nitrogen and oxygen atoms in total. The first-order valence-electron chi connectivity index (χ1n) is 9.02. The number of hydrogen-bond acceptors (Lipinski definition) is 5. The highest BCUT2D eigenvalue weighted by Gasteiger charge is 2.22. The molecular formula is C18H28N4O2. The van der Waals surface area contributed by atoms with Crippen LogP contribution in [0.1, 0.15) is 30.1 Å². The minimum Gasteiger partial charge on any atom is -0.379 e. The number of aromatic nitrogens is 1. The first-order chi connectivity index (χ1) is 11.7. The van der Waals surface area contributed by atoms with E-state index in [0.29, 0.717) is 18.0 Å². The lowest BCUT2D eigenvalue weighted by atomic mass is 10.00. The zero-order chi connectivity index (χ0) is 16.8. The van der Waals surface area contributed by atoms with E-state index in [1.54, 1.807) is 6.20 Å². The number of piperidine rings is 1. The standard InChI is InChI=1S/C18H28N4O2/c1-15-4-3-8-22(14-15)17-16(5-2-6-19-17)18(23)20-7-9-21-10-12-24-13-11-21/h2,5-6,15H,3-4,7-14H2,1H3,(H,20,23)/t15-/m0/s1. The van der Waals surface area contributed by atoms with Crippen molar-refractivity contribution in [2.75, 3.05) is 57.4 Å². The van der Waals surface area contributed by atoms with Crippen LogP contribution in [0.4, 0.5) is 5.82 Å². The predicted molar refractivity (Wildman–Crippen MR) is 94.4 cm³/mol. The molecule has 0 unspecified atom stereocenters. The second-order valence-corrected chi connectivity index (χ2v) is 6.78. The molecule has 0 radical (unpaired) electrons. The van der Waals surface area contributed by atoms with Gasteiger partial charge in [-0.25, -0.2) is 4.98 Å². The third-order valence-electron chi connectivity index (χ3n) is 4.81. The second kappa shape index (κ2) is 8.44. The number of morpholine rings is 1. The van der Waals surface area contributed by atoms with Crippen LogP contribution < -0.4 is 10.2 Å². The predicted octanol–water partition coefficient (Wildman–Crippen LogP) is 1.38. The van der Waals surface area contributed by atoms with E-state index in [0.717, 1.165) is 58.2 Å². The van der Waals surface area contributed by atoms with Crippen molar-refractivity contribution in [1.29, 1.82) is 0 Å². The normalized spacial score (nSPS) is 22.4. The molecule has 0 aromatic carbocycles. The van der Waals surface area contributed by atoms with E-state index in [2.05, 4.69) is 27.0 Å². The number of carbonyl (C=O) groups excluding carboxylic acids is 1. The average molecular weight is 332 g/mol. The molecule has 132 valence electrons. The van der Waals surface area contributed by atoms with Crippen LogP contribution in [0.2, 0.25) is 0 Å². The summed E-state index contributed by atoms with van der Waals surface area (Å²) in [7, 11) is 0. The van der Waals surface area contributed by atoms with Crippen molar-refractivity contribution >= 4 is 11.7 Å². The van der Waals surface area contributed by atoms with Gasteiger partial charge in [0.05, 0.1) is 18.8 Å². The largest absolute Gasteiger partial charge is 0.379 e. The van der Waals surface area contributed by atoms with Gasteiger partial charge in [-0.15, -0.1) is 0 Å². The fraction of sp³-hybridized carbons (Fsp3) is 0.667. The van der Waals surface area contributed by atoms with Crippen molar-refractivity contribution in [3.05, 3.63) is 23.9 Å². The van der Waals surface area contributed by atoms with Crippen molar-refractivity contribution in [2.45, 2.75) is 19.8 Å². The first-order valence-corrected chi connectivity index (χ1v) is 9.02. The Balaban J connectivity index is 1.58. The summed E-state index contributed by atoms with van der Waals surface area (Å²) in [6.45, 7) is 9.20. The minimum absolute atomic E-state index is 0.0235. The monoisotopic (exact) mass is 332 g/mol. The van der Waals surface area contributed by atoms with E-state index in [1.807, 2.05) is 12.1 Å². The summed E-state index contributed by atoms with van der Waals surface area (Å²) < 4.78 is 5.35. The number of anilines is 1. The maximum Gasteiger partial charge on any atom is 0.255 e. The molecule has 3 rings (SSSR count). The zero-order valence-corrected chi connectivity index (χ0v) is 14.5. The van der Waals surface area contributed by atoms with Gasteiger partial charge in [-0.1, -0.05) is 6.92 Å². The van der Waals surface area contributed by atoms with E-state index in [4.69, 9.17) is 4.74 Å². The molecule has 1 amide bonds. The van der Waals surface area contributed by atoms with Crippen molar-refractivity contribution < 1.29 is 9.53 Å². The summed E-state index contributed by atoms with van der Waals surface area (Å²) in [4.78, 5) is 21.7. The molecule has 2 saturated heterocycles. The van der Waals surface area contributed by atoms with Gasteiger partial charge in [0.2, 0.25) is 0 Å². The molecule has 1 aromatic heterocycles. The van der Waals surface area contributed by atoms with E-state index >= 15 is 0 Å². The average Bonchev–Trinajstić information content (AvgIpc) is 2.62. The Morgan fingerprint density at radius 3 is 3.00 bits per heavy atom. The van der Waals surface area contributed by atoms with Gasteiger partial charge in [-0.2, -0.15) is 0 Å². The number of amides is 1. The van der Waals surface area contributed by atoms with Gasteiger partial charge in [0.15, 0.2) is 0 Å². The Morgan fingerprint density at radius 1 is 1.38 bits per heavy atom. The Morgan fingerprint density at radius 2 is 2.21 bits per heavy atom. The zero-order valence-electron chi connectivity index (χ0n) is 14.5. The highest BCUT2D eigenvalue weighted by molar-refractivity contribution is 5.98. The van der Waals surface area contributed by atoms with E-state index < -0.39 is 0 Å². The number of nitrogens with one attached hydrogen (secondary N) is 1. The Hall–Kier alpha value is -1.66. The van der Waals surface area contributed by atoms with Crippen LogP contribution >= 0.6 is 0 Å². The lowest BCUT2D eigenvalue weighted by Gasteiger charge is -2.32. The minimum atomic E-state index is -0.0235.